The zero-order chi connectivity index (χ0) is 16.9. The van der Waals surface area contributed by atoms with Crippen molar-refractivity contribution < 1.29 is 9.53 Å². The van der Waals surface area contributed by atoms with Crippen molar-refractivity contribution in [2.45, 2.75) is 51.7 Å². The number of aromatic nitrogens is 2. The highest BCUT2D eigenvalue weighted by Gasteiger charge is 2.29. The van der Waals surface area contributed by atoms with Gasteiger partial charge in [-0.25, -0.2) is 0 Å². The number of halogens is 1. The predicted molar refractivity (Wildman–Crippen MR) is 100 cm³/mol. The second kappa shape index (κ2) is 9.55. The number of carbonyl (C=O) groups is 1. The van der Waals surface area contributed by atoms with Gasteiger partial charge in [0.1, 0.15) is 5.69 Å². The SMILES string of the molecule is CC(C)C1OCCCC1CNC(=O)c1ccn(C2CCCNC2)n1.Cl. The molecule has 3 rings (SSSR count). The summed E-state index contributed by atoms with van der Waals surface area (Å²) in [6, 6.07) is 2.18. The van der Waals surface area contributed by atoms with E-state index in [0.717, 1.165) is 45.4 Å². The molecule has 0 aromatic carbocycles. The lowest BCUT2D eigenvalue weighted by Crippen LogP contribution is -2.41. The van der Waals surface area contributed by atoms with Gasteiger partial charge in [-0.2, -0.15) is 5.10 Å². The van der Waals surface area contributed by atoms with Crippen LogP contribution in [0.4, 0.5) is 0 Å². The van der Waals surface area contributed by atoms with E-state index in [2.05, 4.69) is 29.6 Å². The van der Waals surface area contributed by atoms with Gasteiger partial charge in [0.05, 0.1) is 12.1 Å². The molecule has 0 bridgehead atoms. The minimum absolute atomic E-state index is 0. The molecule has 2 N–H and O–H groups in total. The quantitative estimate of drug-likeness (QED) is 0.835. The fraction of sp³-hybridized carbons (Fsp3) is 0.778. The summed E-state index contributed by atoms with van der Waals surface area (Å²) < 4.78 is 7.83. The van der Waals surface area contributed by atoms with Crippen molar-refractivity contribution in [1.29, 1.82) is 0 Å². The van der Waals surface area contributed by atoms with E-state index in [-0.39, 0.29) is 24.4 Å². The number of piperidine rings is 1. The Kier molecular flexibility index (Phi) is 7.72. The Bertz CT molecular complexity index is 543. The lowest BCUT2D eigenvalue weighted by atomic mass is 9.87. The molecule has 1 aromatic heterocycles. The maximum atomic E-state index is 12.4. The van der Waals surface area contributed by atoms with E-state index in [0.29, 0.717) is 30.1 Å². The normalized spacial score (nSPS) is 26.9. The highest BCUT2D eigenvalue weighted by Crippen LogP contribution is 2.25. The molecule has 6 nitrogen and oxygen atoms in total. The van der Waals surface area contributed by atoms with Crippen molar-refractivity contribution in [2.75, 3.05) is 26.2 Å². The average Bonchev–Trinajstić information content (AvgIpc) is 3.11. The fourth-order valence-corrected chi connectivity index (χ4v) is 3.86. The molecule has 2 saturated heterocycles. The molecule has 2 aliphatic rings. The summed E-state index contributed by atoms with van der Waals surface area (Å²) in [4.78, 5) is 12.4. The first-order chi connectivity index (χ1) is 11.6. The third-order valence-electron chi connectivity index (χ3n) is 5.16. The Morgan fingerprint density at radius 3 is 3.00 bits per heavy atom. The Hall–Kier alpha value is -1.11. The molecule has 3 heterocycles. The van der Waals surface area contributed by atoms with Crippen LogP contribution in [0.25, 0.3) is 0 Å². The van der Waals surface area contributed by atoms with E-state index in [1.807, 2.05) is 16.9 Å². The number of hydrogen-bond acceptors (Lipinski definition) is 4. The van der Waals surface area contributed by atoms with Crippen LogP contribution in [0.5, 0.6) is 0 Å². The van der Waals surface area contributed by atoms with Crippen LogP contribution < -0.4 is 10.6 Å². The molecular weight excluding hydrogens is 340 g/mol. The molecule has 142 valence electrons. The van der Waals surface area contributed by atoms with E-state index in [9.17, 15) is 4.79 Å². The lowest BCUT2D eigenvalue weighted by Gasteiger charge is -2.34. The first-order valence-electron chi connectivity index (χ1n) is 9.31. The highest BCUT2D eigenvalue weighted by molar-refractivity contribution is 5.92. The number of amides is 1. The molecule has 2 aliphatic heterocycles. The summed E-state index contributed by atoms with van der Waals surface area (Å²) in [7, 11) is 0. The molecule has 25 heavy (non-hydrogen) atoms. The predicted octanol–water partition coefficient (Wildman–Crippen LogP) is 2.41. The summed E-state index contributed by atoms with van der Waals surface area (Å²) in [6.07, 6.45) is 6.63. The molecule has 0 radical (unpaired) electrons. The van der Waals surface area contributed by atoms with Gasteiger partial charge in [0.25, 0.3) is 5.91 Å². The zero-order valence-electron chi connectivity index (χ0n) is 15.2. The molecular formula is C18H31ClN4O2. The van der Waals surface area contributed by atoms with E-state index in [1.54, 1.807) is 0 Å². The van der Waals surface area contributed by atoms with Gasteiger partial charge in [-0.15, -0.1) is 12.4 Å². The Labute approximate surface area is 156 Å². The standard InChI is InChI=1S/C18H30N4O2.ClH/c1-13(2)17-14(5-4-10-24-17)11-20-18(23)16-7-9-22(21-16)15-6-3-8-19-12-15;/h7,9,13-15,17,19H,3-6,8,10-12H2,1-2H3,(H,20,23);1H. The molecule has 2 fully saturated rings. The molecule has 0 aliphatic carbocycles. The van der Waals surface area contributed by atoms with Crippen LogP contribution in [0.2, 0.25) is 0 Å². The maximum absolute atomic E-state index is 12.4. The van der Waals surface area contributed by atoms with E-state index >= 15 is 0 Å². The second-order valence-corrected chi connectivity index (χ2v) is 7.37. The summed E-state index contributed by atoms with van der Waals surface area (Å²) in [5, 5.41) is 10.9. The van der Waals surface area contributed by atoms with Gasteiger partial charge in [-0.05, 0) is 44.2 Å². The van der Waals surface area contributed by atoms with Crippen molar-refractivity contribution >= 4 is 18.3 Å². The van der Waals surface area contributed by atoms with Gasteiger partial charge >= 0.3 is 0 Å². The summed E-state index contributed by atoms with van der Waals surface area (Å²) in [5.74, 6) is 0.795. The molecule has 3 atom stereocenters. The van der Waals surface area contributed by atoms with Gasteiger partial charge < -0.3 is 15.4 Å². The average molecular weight is 371 g/mol. The molecule has 0 spiro atoms. The second-order valence-electron chi connectivity index (χ2n) is 7.37. The van der Waals surface area contributed by atoms with Crippen LogP contribution in [-0.4, -0.2) is 48.0 Å². The monoisotopic (exact) mass is 370 g/mol. The first-order valence-corrected chi connectivity index (χ1v) is 9.31. The highest BCUT2D eigenvalue weighted by atomic mass is 35.5. The molecule has 7 heteroatoms. The number of hydrogen-bond donors (Lipinski definition) is 2. The smallest absolute Gasteiger partial charge is 0.271 e. The number of rotatable bonds is 5. The Morgan fingerprint density at radius 1 is 1.44 bits per heavy atom. The summed E-state index contributed by atoms with van der Waals surface area (Å²) in [6.45, 7) is 7.88. The first kappa shape index (κ1) is 20.2. The van der Waals surface area contributed by atoms with Crippen molar-refractivity contribution in [3.05, 3.63) is 18.0 Å². The van der Waals surface area contributed by atoms with Gasteiger partial charge in [-0.1, -0.05) is 13.8 Å². The molecule has 3 unspecified atom stereocenters. The van der Waals surface area contributed by atoms with Crippen LogP contribution in [-0.2, 0) is 4.74 Å². The maximum Gasteiger partial charge on any atom is 0.271 e. The Balaban J connectivity index is 0.00000225. The minimum Gasteiger partial charge on any atom is -0.378 e. The summed E-state index contributed by atoms with van der Waals surface area (Å²) >= 11 is 0. The van der Waals surface area contributed by atoms with E-state index in [1.165, 1.54) is 0 Å². The largest absolute Gasteiger partial charge is 0.378 e. The van der Waals surface area contributed by atoms with Crippen molar-refractivity contribution in [3.8, 4) is 0 Å². The number of nitrogens with one attached hydrogen (secondary N) is 2. The van der Waals surface area contributed by atoms with Crippen molar-refractivity contribution in [1.82, 2.24) is 20.4 Å². The molecule has 1 amide bonds. The summed E-state index contributed by atoms with van der Waals surface area (Å²) in [5.41, 5.74) is 0.512. The van der Waals surface area contributed by atoms with E-state index < -0.39 is 0 Å². The number of carbonyl (C=O) groups excluding carboxylic acids is 1. The van der Waals surface area contributed by atoms with Gasteiger partial charge in [-0.3, -0.25) is 9.48 Å². The van der Waals surface area contributed by atoms with Gasteiger partial charge in [0.15, 0.2) is 0 Å². The third-order valence-corrected chi connectivity index (χ3v) is 5.16. The van der Waals surface area contributed by atoms with Gasteiger partial charge in [0, 0.05) is 31.8 Å². The van der Waals surface area contributed by atoms with Crippen LogP contribution in [0.1, 0.15) is 56.1 Å². The number of nitrogens with zero attached hydrogens (tertiary/aromatic N) is 2. The van der Waals surface area contributed by atoms with Crippen LogP contribution >= 0.6 is 12.4 Å². The fourth-order valence-electron chi connectivity index (χ4n) is 3.86. The van der Waals surface area contributed by atoms with Crippen molar-refractivity contribution in [2.24, 2.45) is 11.8 Å². The van der Waals surface area contributed by atoms with Gasteiger partial charge in [0.2, 0.25) is 0 Å². The van der Waals surface area contributed by atoms with Crippen LogP contribution in [0, 0.1) is 11.8 Å². The minimum atomic E-state index is -0.0781. The van der Waals surface area contributed by atoms with E-state index in [4.69, 9.17) is 4.74 Å². The third kappa shape index (κ3) is 5.19. The van der Waals surface area contributed by atoms with Crippen LogP contribution in [0.3, 0.4) is 0 Å². The van der Waals surface area contributed by atoms with Crippen molar-refractivity contribution in [3.63, 3.8) is 0 Å². The zero-order valence-corrected chi connectivity index (χ0v) is 16.1. The molecule has 1 aromatic rings. The topological polar surface area (TPSA) is 68.2 Å². The van der Waals surface area contributed by atoms with Crippen LogP contribution in [0.15, 0.2) is 12.3 Å². The molecule has 0 saturated carbocycles. The Morgan fingerprint density at radius 2 is 2.28 bits per heavy atom. The number of ether oxygens (including phenoxy) is 1. The lowest BCUT2D eigenvalue weighted by molar-refractivity contribution is -0.0510.